The number of hydrogen-bond donors (Lipinski definition) is 0. The van der Waals surface area contributed by atoms with Crippen molar-refractivity contribution in [3.63, 3.8) is 0 Å². The van der Waals surface area contributed by atoms with E-state index in [2.05, 4.69) is 16.9 Å². The van der Waals surface area contributed by atoms with E-state index in [4.69, 9.17) is 9.47 Å². The normalized spacial score (nSPS) is 23.6. The number of thiophene rings is 1. The van der Waals surface area contributed by atoms with E-state index in [1.807, 2.05) is 43.3 Å². The van der Waals surface area contributed by atoms with Gasteiger partial charge in [0, 0.05) is 17.0 Å². The average Bonchev–Trinajstić information content (AvgIpc) is 3.26. The summed E-state index contributed by atoms with van der Waals surface area (Å²) < 4.78 is 13.8. The van der Waals surface area contributed by atoms with Gasteiger partial charge in [0.25, 0.3) is 5.56 Å². The maximum Gasteiger partial charge on any atom is 0.275 e. The zero-order chi connectivity index (χ0) is 21.4. The van der Waals surface area contributed by atoms with Gasteiger partial charge in [0.05, 0.1) is 24.1 Å². The Hall–Kier alpha value is -2.64. The highest BCUT2D eigenvalue weighted by Gasteiger charge is 2.39. The van der Waals surface area contributed by atoms with E-state index in [1.165, 1.54) is 24.2 Å². The van der Waals surface area contributed by atoms with Crippen molar-refractivity contribution < 1.29 is 9.47 Å². The van der Waals surface area contributed by atoms with Crippen LogP contribution in [-0.4, -0.2) is 46.3 Å². The minimum Gasteiger partial charge on any atom is -0.501 e. The van der Waals surface area contributed by atoms with Gasteiger partial charge in [-0.25, -0.2) is 4.98 Å². The molecular weight excluding hydrogens is 410 g/mol. The third kappa shape index (κ3) is 4.00. The van der Waals surface area contributed by atoms with Crippen molar-refractivity contribution in [1.82, 2.24) is 14.5 Å². The number of benzene rings is 1. The molecule has 0 saturated carbocycles. The first-order valence-electron chi connectivity index (χ1n) is 10.9. The highest BCUT2D eigenvalue weighted by Crippen LogP contribution is 2.36. The van der Waals surface area contributed by atoms with Gasteiger partial charge in [0.2, 0.25) is 0 Å². The number of nitrogens with zero attached hydrogens (tertiary/aromatic N) is 3. The van der Waals surface area contributed by atoms with Crippen LogP contribution in [0.25, 0.3) is 22.0 Å². The summed E-state index contributed by atoms with van der Waals surface area (Å²) in [5.41, 5.74) is 1.43. The van der Waals surface area contributed by atoms with Gasteiger partial charge >= 0.3 is 0 Å². The van der Waals surface area contributed by atoms with Crippen LogP contribution in [0.2, 0.25) is 0 Å². The molecule has 0 spiro atoms. The van der Waals surface area contributed by atoms with Gasteiger partial charge in [-0.15, -0.1) is 11.3 Å². The second-order valence-corrected chi connectivity index (χ2v) is 9.38. The van der Waals surface area contributed by atoms with E-state index >= 15 is 0 Å². The summed E-state index contributed by atoms with van der Waals surface area (Å²) in [6.45, 7) is 2.55. The monoisotopic (exact) mass is 437 g/mol. The van der Waals surface area contributed by atoms with Crippen LogP contribution in [0.1, 0.15) is 37.5 Å². The van der Waals surface area contributed by atoms with E-state index in [-0.39, 0.29) is 11.7 Å². The molecule has 3 aromatic rings. The largest absolute Gasteiger partial charge is 0.501 e. The Morgan fingerprint density at radius 1 is 1.19 bits per heavy atom. The third-order valence-electron chi connectivity index (χ3n) is 6.42. The summed E-state index contributed by atoms with van der Waals surface area (Å²) in [7, 11) is 2.24. The molecule has 2 saturated heterocycles. The lowest BCUT2D eigenvalue weighted by molar-refractivity contribution is 0.0662. The van der Waals surface area contributed by atoms with Gasteiger partial charge < -0.3 is 14.4 Å². The Morgan fingerprint density at radius 2 is 1.94 bits per heavy atom. The minimum atomic E-state index is -0.0633. The maximum absolute atomic E-state index is 13.0. The number of rotatable bonds is 6. The molecular formula is C24H27N3O3S. The second kappa shape index (κ2) is 8.48. The number of ether oxygens (including phenoxy) is 2. The topological polar surface area (TPSA) is 56.6 Å². The van der Waals surface area contributed by atoms with Crippen molar-refractivity contribution in [2.75, 3.05) is 13.7 Å². The molecule has 2 aliphatic rings. The van der Waals surface area contributed by atoms with E-state index < -0.39 is 0 Å². The summed E-state index contributed by atoms with van der Waals surface area (Å²) in [5.74, 6) is 0.860. The quantitative estimate of drug-likeness (QED) is 0.533. The van der Waals surface area contributed by atoms with E-state index in [1.54, 1.807) is 17.2 Å². The molecule has 31 heavy (non-hydrogen) atoms. The number of hydrogen-bond acceptors (Lipinski definition) is 6. The van der Waals surface area contributed by atoms with Gasteiger partial charge in [-0.3, -0.25) is 9.36 Å². The predicted molar refractivity (Wildman–Crippen MR) is 124 cm³/mol. The predicted octanol–water partition coefficient (Wildman–Crippen LogP) is 4.46. The molecule has 2 aromatic heterocycles. The molecule has 3 atom stereocenters. The smallest absolute Gasteiger partial charge is 0.275 e. The summed E-state index contributed by atoms with van der Waals surface area (Å²) in [6.07, 6.45) is 10.1. The van der Waals surface area contributed by atoms with Crippen molar-refractivity contribution in [1.29, 1.82) is 0 Å². The molecule has 6 nitrogen and oxygen atoms in total. The molecule has 7 heteroatoms. The van der Waals surface area contributed by atoms with Crippen LogP contribution in [0.5, 0.6) is 5.75 Å². The van der Waals surface area contributed by atoms with Crippen molar-refractivity contribution in [2.24, 2.45) is 0 Å². The molecule has 0 radical (unpaired) electrons. The fourth-order valence-electron chi connectivity index (χ4n) is 4.74. The Labute approximate surface area is 185 Å². The molecule has 5 rings (SSSR count). The first kappa shape index (κ1) is 20.3. The van der Waals surface area contributed by atoms with Crippen LogP contribution in [0.4, 0.5) is 0 Å². The van der Waals surface area contributed by atoms with Crippen molar-refractivity contribution >= 4 is 27.6 Å². The molecule has 0 unspecified atom stereocenters. The van der Waals surface area contributed by atoms with E-state index in [0.29, 0.717) is 28.9 Å². The van der Waals surface area contributed by atoms with E-state index in [9.17, 15) is 4.79 Å². The molecule has 0 amide bonds. The Balaban J connectivity index is 1.33. The summed E-state index contributed by atoms with van der Waals surface area (Å²) >= 11 is 1.42. The first-order chi connectivity index (χ1) is 15.1. The molecule has 162 valence electrons. The van der Waals surface area contributed by atoms with Crippen LogP contribution in [-0.2, 0) is 4.74 Å². The molecule has 1 aromatic carbocycles. The first-order valence-corrected chi connectivity index (χ1v) is 11.7. The maximum atomic E-state index is 13.0. The zero-order valence-electron chi connectivity index (χ0n) is 17.9. The van der Waals surface area contributed by atoms with Crippen molar-refractivity contribution in [3.05, 3.63) is 58.2 Å². The van der Waals surface area contributed by atoms with Gasteiger partial charge in [-0.1, -0.05) is 0 Å². The summed E-state index contributed by atoms with van der Waals surface area (Å²) in [4.78, 5) is 21.0. The molecule has 2 aliphatic heterocycles. The molecule has 0 aliphatic carbocycles. The lowest BCUT2D eigenvalue weighted by Crippen LogP contribution is -2.43. The molecule has 2 fully saturated rings. The fraction of sp³-hybridized carbons (Fsp3) is 0.417. The minimum absolute atomic E-state index is 0.0633. The summed E-state index contributed by atoms with van der Waals surface area (Å²) in [6, 6.07) is 11.0. The SMILES string of the molecule is CCO/C=C\c1cc2ncn(-c3ccc(O[C@H]4C[C@H]5CC[C@@H](C4)N5C)cc3)c(=O)c2s1. The van der Waals surface area contributed by atoms with Gasteiger partial charge in [0.1, 0.15) is 22.9 Å². The standard InChI is InChI=1S/C24H27N3O3S/c1-3-29-11-10-21-14-22-23(31-21)24(28)27(15-25-22)16-6-8-19(9-7-16)30-20-12-17-4-5-18(13-20)26(17)2/h6-11,14-15,17-18,20H,3-5,12-13H2,1-2H3/b11-10-/t17-,18+,20+. The molecule has 4 heterocycles. The molecule has 2 bridgehead atoms. The number of fused-ring (bicyclic) bond motifs is 3. The third-order valence-corrected chi connectivity index (χ3v) is 7.50. The summed E-state index contributed by atoms with van der Waals surface area (Å²) in [5, 5.41) is 0. The van der Waals surface area contributed by atoms with Gasteiger partial charge in [-0.05, 0) is 76.1 Å². The molecule has 0 N–H and O–H groups in total. The average molecular weight is 438 g/mol. The lowest BCUT2D eigenvalue weighted by atomic mass is 10.0. The van der Waals surface area contributed by atoms with Crippen LogP contribution >= 0.6 is 11.3 Å². The van der Waals surface area contributed by atoms with Crippen LogP contribution < -0.4 is 10.3 Å². The highest BCUT2D eigenvalue weighted by molar-refractivity contribution is 7.19. The lowest BCUT2D eigenvalue weighted by Gasteiger charge is -2.36. The van der Waals surface area contributed by atoms with Gasteiger partial charge in [0.15, 0.2) is 0 Å². The Bertz CT molecular complexity index is 1140. The fourth-order valence-corrected chi connectivity index (χ4v) is 5.68. The zero-order valence-corrected chi connectivity index (χ0v) is 18.7. The van der Waals surface area contributed by atoms with Crippen LogP contribution in [0.15, 0.2) is 47.7 Å². The van der Waals surface area contributed by atoms with E-state index in [0.717, 1.165) is 29.2 Å². The van der Waals surface area contributed by atoms with Crippen molar-refractivity contribution in [3.8, 4) is 11.4 Å². The van der Waals surface area contributed by atoms with Crippen LogP contribution in [0.3, 0.4) is 0 Å². The van der Waals surface area contributed by atoms with Gasteiger partial charge in [-0.2, -0.15) is 0 Å². The van der Waals surface area contributed by atoms with Crippen molar-refractivity contribution in [2.45, 2.75) is 50.8 Å². The number of aromatic nitrogens is 2. The second-order valence-electron chi connectivity index (χ2n) is 8.30. The Morgan fingerprint density at radius 3 is 2.65 bits per heavy atom. The van der Waals surface area contributed by atoms with Crippen LogP contribution in [0, 0.1) is 0 Å². The Kier molecular flexibility index (Phi) is 5.54. The highest BCUT2D eigenvalue weighted by atomic mass is 32.1. The number of piperidine rings is 1.